The molecule has 0 aliphatic carbocycles. The fourth-order valence-electron chi connectivity index (χ4n) is 7.91. The lowest BCUT2D eigenvalue weighted by Gasteiger charge is -2.30. The van der Waals surface area contributed by atoms with Gasteiger partial charge in [-0.25, -0.2) is 19.6 Å². The number of likely N-dealkylation sites (tertiary alicyclic amines) is 1. The molecule has 0 saturated carbocycles. The van der Waals surface area contributed by atoms with Gasteiger partial charge >= 0.3 is 12.2 Å². The summed E-state index contributed by atoms with van der Waals surface area (Å²) in [5.41, 5.74) is 6.42. The number of methoxy groups -OCH3 is 2. The first kappa shape index (κ1) is 39.3. The van der Waals surface area contributed by atoms with Crippen molar-refractivity contribution in [3.63, 3.8) is 0 Å². The molecule has 2 aromatic carbocycles. The number of H-pyrrole nitrogens is 2. The van der Waals surface area contributed by atoms with Crippen molar-refractivity contribution >= 4 is 24.0 Å². The second-order valence-electron chi connectivity index (χ2n) is 14.9. The number of amides is 4. The van der Waals surface area contributed by atoms with Crippen LogP contribution in [0.5, 0.6) is 0 Å². The van der Waals surface area contributed by atoms with Gasteiger partial charge in [0.05, 0.1) is 62.8 Å². The summed E-state index contributed by atoms with van der Waals surface area (Å²) in [5.74, 6) is 0.986. The van der Waals surface area contributed by atoms with Crippen molar-refractivity contribution in [3.8, 4) is 33.6 Å². The summed E-state index contributed by atoms with van der Waals surface area (Å²) in [6, 6.07) is 14.5. The van der Waals surface area contributed by atoms with Crippen LogP contribution in [0.1, 0.15) is 75.4 Å². The molecule has 3 aliphatic rings. The van der Waals surface area contributed by atoms with E-state index in [2.05, 4.69) is 49.9 Å². The average molecular weight is 779 g/mol. The Morgan fingerprint density at radius 3 is 2.21 bits per heavy atom. The Balaban J connectivity index is 1.06. The monoisotopic (exact) mass is 778 g/mol. The van der Waals surface area contributed by atoms with Crippen molar-refractivity contribution in [1.29, 1.82) is 0 Å². The van der Waals surface area contributed by atoms with Gasteiger partial charge in [-0.05, 0) is 54.7 Å². The molecule has 0 radical (unpaired) electrons. The summed E-state index contributed by atoms with van der Waals surface area (Å²) in [7, 11) is 2.57. The first-order chi connectivity index (χ1) is 27.6. The van der Waals surface area contributed by atoms with E-state index >= 15 is 0 Å². The Morgan fingerprint density at radius 1 is 0.842 bits per heavy atom. The Morgan fingerprint density at radius 2 is 1.51 bits per heavy atom. The van der Waals surface area contributed by atoms with E-state index in [1.807, 2.05) is 50.3 Å². The Hall–Kier alpha value is -5.96. The second-order valence-corrected chi connectivity index (χ2v) is 14.9. The Labute approximate surface area is 331 Å². The average Bonchev–Trinajstić information content (AvgIpc) is 4.06. The number of carbonyl (C=O) groups excluding carboxylic acids is 4. The number of hydrogen-bond donors (Lipinski definition) is 4. The van der Waals surface area contributed by atoms with Crippen LogP contribution in [0.3, 0.4) is 0 Å². The summed E-state index contributed by atoms with van der Waals surface area (Å²) < 4.78 is 15.5. The van der Waals surface area contributed by atoms with Crippen LogP contribution in [0.4, 0.5) is 9.59 Å². The topological polar surface area (TPSA) is 184 Å². The van der Waals surface area contributed by atoms with E-state index in [1.165, 1.54) is 14.2 Å². The maximum absolute atomic E-state index is 13.7. The third-order valence-corrected chi connectivity index (χ3v) is 10.9. The number of aromatic nitrogens is 4. The zero-order valence-electron chi connectivity index (χ0n) is 32.7. The summed E-state index contributed by atoms with van der Waals surface area (Å²) in [6.07, 6.45) is 7.74. The highest BCUT2D eigenvalue weighted by Crippen LogP contribution is 2.36. The minimum Gasteiger partial charge on any atom is -0.453 e. The minimum absolute atomic E-state index is 0.110. The molecule has 2 fully saturated rings. The fourth-order valence-corrected chi connectivity index (χ4v) is 7.91. The Bertz CT molecular complexity index is 2090. The third kappa shape index (κ3) is 8.58. The van der Waals surface area contributed by atoms with Crippen LogP contribution in [-0.4, -0.2) is 99.7 Å². The molecule has 57 heavy (non-hydrogen) atoms. The number of benzene rings is 2. The molecular weight excluding hydrogens is 729 g/mol. The lowest BCUT2D eigenvalue weighted by molar-refractivity contribution is -0.135. The van der Waals surface area contributed by atoms with Gasteiger partial charge in [-0.2, -0.15) is 0 Å². The fraction of sp³-hybridized carbons (Fsp3) is 0.429. The van der Waals surface area contributed by atoms with E-state index < -0.39 is 24.3 Å². The van der Waals surface area contributed by atoms with Gasteiger partial charge in [0.1, 0.15) is 23.7 Å². The maximum atomic E-state index is 13.7. The summed E-state index contributed by atoms with van der Waals surface area (Å²) >= 11 is 0. The quantitative estimate of drug-likeness (QED) is 0.155. The predicted molar refractivity (Wildman–Crippen MR) is 211 cm³/mol. The molecule has 2 saturated heterocycles. The predicted octanol–water partition coefficient (Wildman–Crippen LogP) is 6.04. The molecule has 0 unspecified atom stereocenters. The molecular formula is C42H50N8O7. The number of carbonyl (C=O) groups is 4. The van der Waals surface area contributed by atoms with Crippen LogP contribution in [0.25, 0.3) is 33.6 Å². The highest BCUT2D eigenvalue weighted by molar-refractivity contribution is 5.87. The van der Waals surface area contributed by atoms with E-state index in [9.17, 15) is 19.2 Å². The SMILES string of the molecule is COC(=O)N[C@H]1C/C=C/COCc2[nH]c(nc2-c2ccc(-c3ccc(-c4cnc([C@@H]5CCCN5C(=O)[C@@H](NC(=O)OC)C(C)C)[nH]4)cc3)cc2)[C@@H]2CCCN2C1=O. The van der Waals surface area contributed by atoms with Gasteiger partial charge in [0.25, 0.3) is 0 Å². The number of aromatic amines is 2. The number of imidazole rings is 2. The molecule has 7 rings (SSSR count). The molecule has 15 heteroatoms. The molecule has 2 bridgehead atoms. The number of hydrogen-bond acceptors (Lipinski definition) is 9. The highest BCUT2D eigenvalue weighted by atomic mass is 16.5. The van der Waals surface area contributed by atoms with Crippen LogP contribution in [0.15, 0.2) is 66.9 Å². The molecule has 4 amide bonds. The number of fused-ring (bicyclic) bond motifs is 4. The van der Waals surface area contributed by atoms with Crippen molar-refractivity contribution in [2.24, 2.45) is 5.92 Å². The van der Waals surface area contributed by atoms with E-state index in [-0.39, 0.29) is 29.8 Å². The second kappa shape index (κ2) is 17.5. The number of rotatable bonds is 8. The zero-order valence-corrected chi connectivity index (χ0v) is 32.7. The van der Waals surface area contributed by atoms with Gasteiger partial charge in [-0.15, -0.1) is 0 Å². The van der Waals surface area contributed by atoms with E-state index in [4.69, 9.17) is 19.2 Å². The molecule has 4 aromatic rings. The largest absolute Gasteiger partial charge is 0.453 e. The number of ether oxygens (including phenoxy) is 3. The van der Waals surface area contributed by atoms with E-state index in [1.54, 1.807) is 16.0 Å². The number of alkyl carbamates (subject to hydrolysis) is 2. The standard InChI is InChI=1S/C42H50N8O7/c1-25(2)35(48-42(54)56-4)40(52)50-21-7-10-33(50)37-43-23-31(44-37)28-16-12-26(13-17-28)27-14-18-29(19-15-27)36-32-24-57-22-6-5-9-30(46-41(53)55-3)39(51)49-20-8-11-34(49)38(45-32)47-36/h5-6,12-19,23,25,30,33-35H,7-11,20-22,24H2,1-4H3,(H,43,44)(H,45,47)(H,46,53)(H,48,54)/b6-5+/t30-,33-,34-,35-/m0/s1. The maximum Gasteiger partial charge on any atom is 0.407 e. The first-order valence-electron chi connectivity index (χ1n) is 19.5. The van der Waals surface area contributed by atoms with Gasteiger partial charge in [0.2, 0.25) is 11.8 Å². The third-order valence-electron chi connectivity index (χ3n) is 10.9. The van der Waals surface area contributed by atoms with E-state index in [0.717, 1.165) is 65.0 Å². The molecule has 2 aromatic heterocycles. The van der Waals surface area contributed by atoms with Gasteiger partial charge < -0.3 is 44.6 Å². The first-order valence-corrected chi connectivity index (χ1v) is 19.5. The lowest BCUT2D eigenvalue weighted by Crippen LogP contribution is -2.51. The lowest BCUT2D eigenvalue weighted by atomic mass is 10.0. The molecule has 5 heterocycles. The minimum atomic E-state index is -0.760. The van der Waals surface area contributed by atoms with Gasteiger partial charge in [0, 0.05) is 18.7 Å². The van der Waals surface area contributed by atoms with Crippen molar-refractivity contribution in [2.45, 2.75) is 76.7 Å². The van der Waals surface area contributed by atoms with Crippen LogP contribution < -0.4 is 10.6 Å². The van der Waals surface area contributed by atoms with Crippen LogP contribution >= 0.6 is 0 Å². The molecule has 3 aliphatic heterocycles. The van der Waals surface area contributed by atoms with Crippen molar-refractivity contribution < 1.29 is 33.4 Å². The van der Waals surface area contributed by atoms with Crippen molar-refractivity contribution in [3.05, 3.63) is 84.2 Å². The van der Waals surface area contributed by atoms with Gasteiger partial charge in [0.15, 0.2) is 0 Å². The molecule has 0 spiro atoms. The van der Waals surface area contributed by atoms with Crippen molar-refractivity contribution in [2.75, 3.05) is 33.9 Å². The normalized spacial score (nSPS) is 20.9. The van der Waals surface area contributed by atoms with Crippen molar-refractivity contribution in [1.82, 2.24) is 40.4 Å². The van der Waals surface area contributed by atoms with Gasteiger partial charge in [-0.1, -0.05) is 74.5 Å². The molecule has 15 nitrogen and oxygen atoms in total. The summed E-state index contributed by atoms with van der Waals surface area (Å²) in [6.45, 7) is 5.61. The highest BCUT2D eigenvalue weighted by Gasteiger charge is 2.38. The van der Waals surface area contributed by atoms with Crippen LogP contribution in [0, 0.1) is 5.92 Å². The smallest absolute Gasteiger partial charge is 0.407 e. The van der Waals surface area contributed by atoms with Crippen LogP contribution in [-0.2, 0) is 30.4 Å². The van der Waals surface area contributed by atoms with Gasteiger partial charge in [-0.3, -0.25) is 9.59 Å². The number of nitrogens with zero attached hydrogens (tertiary/aromatic N) is 4. The summed E-state index contributed by atoms with van der Waals surface area (Å²) in [5, 5.41) is 5.39. The zero-order chi connectivity index (χ0) is 40.1. The summed E-state index contributed by atoms with van der Waals surface area (Å²) in [4.78, 5) is 71.6. The molecule has 4 N–H and O–H groups in total. The van der Waals surface area contributed by atoms with E-state index in [0.29, 0.717) is 44.4 Å². The van der Waals surface area contributed by atoms with Crippen LogP contribution in [0.2, 0.25) is 0 Å². The molecule has 300 valence electrons. The number of nitrogens with one attached hydrogen (secondary N) is 4. The Kier molecular flexibility index (Phi) is 12.0. The molecule has 4 atom stereocenters.